The van der Waals surface area contributed by atoms with Crippen molar-refractivity contribution in [2.45, 2.75) is 51.6 Å². The molecule has 4 nitrogen and oxygen atoms in total. The molecule has 15 heavy (non-hydrogen) atoms. The predicted molar refractivity (Wildman–Crippen MR) is 56.7 cm³/mol. The van der Waals surface area contributed by atoms with Crippen molar-refractivity contribution in [3.8, 4) is 0 Å². The summed E-state index contributed by atoms with van der Waals surface area (Å²) in [7, 11) is 0. The molecule has 4 heteroatoms. The van der Waals surface area contributed by atoms with Crippen LogP contribution >= 0.6 is 0 Å². The van der Waals surface area contributed by atoms with Gasteiger partial charge in [0.05, 0.1) is 0 Å². The van der Waals surface area contributed by atoms with Crippen LogP contribution in [0.3, 0.4) is 0 Å². The molecule has 0 bridgehead atoms. The summed E-state index contributed by atoms with van der Waals surface area (Å²) in [6.45, 7) is 7.63. The third kappa shape index (κ3) is 2.58. The molecule has 0 saturated carbocycles. The Kier molecular flexibility index (Phi) is 2.94. The van der Waals surface area contributed by atoms with E-state index in [1.807, 2.05) is 27.7 Å². The van der Waals surface area contributed by atoms with E-state index in [2.05, 4.69) is 0 Å². The standard InChI is InChI=1S/C11H19NO3/c1-10(2)6-8(5-9(13)14)7-11(3,4)12(10)15/h5,15H,6-7H2,1-4H3,(H,13,14). The van der Waals surface area contributed by atoms with E-state index in [0.29, 0.717) is 12.8 Å². The summed E-state index contributed by atoms with van der Waals surface area (Å²) in [5.41, 5.74) is 0.0503. The fourth-order valence-electron chi connectivity index (χ4n) is 2.42. The van der Waals surface area contributed by atoms with Gasteiger partial charge in [-0.05, 0) is 40.5 Å². The van der Waals surface area contributed by atoms with Gasteiger partial charge in [0.2, 0.25) is 0 Å². The molecule has 0 aromatic carbocycles. The highest BCUT2D eigenvalue weighted by Gasteiger charge is 2.42. The molecule has 1 rings (SSSR count). The van der Waals surface area contributed by atoms with Crippen LogP contribution in [-0.2, 0) is 4.79 Å². The van der Waals surface area contributed by atoms with Crippen LogP contribution in [0.15, 0.2) is 11.6 Å². The Morgan fingerprint density at radius 1 is 1.27 bits per heavy atom. The van der Waals surface area contributed by atoms with Gasteiger partial charge in [0.25, 0.3) is 0 Å². The van der Waals surface area contributed by atoms with Crippen molar-refractivity contribution in [1.82, 2.24) is 5.06 Å². The molecular weight excluding hydrogens is 194 g/mol. The average molecular weight is 213 g/mol. The molecule has 1 aliphatic heterocycles. The summed E-state index contributed by atoms with van der Waals surface area (Å²) < 4.78 is 0. The summed E-state index contributed by atoms with van der Waals surface area (Å²) in [5, 5.41) is 20.0. The number of hydroxylamine groups is 2. The smallest absolute Gasteiger partial charge is 0.328 e. The minimum Gasteiger partial charge on any atom is -0.478 e. The molecule has 1 saturated heterocycles. The van der Waals surface area contributed by atoms with Crippen molar-refractivity contribution in [3.63, 3.8) is 0 Å². The lowest BCUT2D eigenvalue weighted by Crippen LogP contribution is -2.57. The second-order valence-corrected chi connectivity index (χ2v) is 5.43. The first-order valence-corrected chi connectivity index (χ1v) is 5.07. The third-order valence-electron chi connectivity index (χ3n) is 2.79. The molecule has 0 atom stereocenters. The van der Waals surface area contributed by atoms with E-state index in [0.717, 1.165) is 5.57 Å². The van der Waals surface area contributed by atoms with Gasteiger partial charge in [-0.3, -0.25) is 0 Å². The summed E-state index contributed by atoms with van der Waals surface area (Å²) in [6.07, 6.45) is 2.43. The van der Waals surface area contributed by atoms with Gasteiger partial charge >= 0.3 is 5.97 Å². The van der Waals surface area contributed by atoms with E-state index >= 15 is 0 Å². The number of hydrogen-bond acceptors (Lipinski definition) is 3. The van der Waals surface area contributed by atoms with E-state index in [1.165, 1.54) is 11.1 Å². The molecule has 1 heterocycles. The Labute approximate surface area is 90.2 Å². The number of rotatable bonds is 1. The van der Waals surface area contributed by atoms with Gasteiger partial charge in [-0.2, -0.15) is 5.06 Å². The molecule has 0 amide bonds. The van der Waals surface area contributed by atoms with Crippen LogP contribution < -0.4 is 0 Å². The summed E-state index contributed by atoms with van der Waals surface area (Å²) in [5.74, 6) is -0.914. The second-order valence-electron chi connectivity index (χ2n) is 5.43. The Hall–Kier alpha value is -0.870. The van der Waals surface area contributed by atoms with Crippen LogP contribution in [0.5, 0.6) is 0 Å². The van der Waals surface area contributed by atoms with Crippen LogP contribution in [0.1, 0.15) is 40.5 Å². The molecule has 2 N–H and O–H groups in total. The minimum absolute atomic E-state index is 0.414. The largest absolute Gasteiger partial charge is 0.478 e. The highest BCUT2D eigenvalue weighted by atomic mass is 16.5. The fraction of sp³-hybridized carbons (Fsp3) is 0.727. The minimum atomic E-state index is -0.914. The first-order valence-electron chi connectivity index (χ1n) is 5.07. The van der Waals surface area contributed by atoms with Crippen molar-refractivity contribution < 1.29 is 15.1 Å². The van der Waals surface area contributed by atoms with Crippen LogP contribution in [-0.4, -0.2) is 32.4 Å². The topological polar surface area (TPSA) is 60.8 Å². The highest BCUT2D eigenvalue weighted by molar-refractivity contribution is 5.80. The Morgan fingerprint density at radius 3 is 2.00 bits per heavy atom. The molecule has 0 radical (unpaired) electrons. The van der Waals surface area contributed by atoms with Crippen molar-refractivity contribution in [3.05, 3.63) is 11.6 Å². The second kappa shape index (κ2) is 3.61. The van der Waals surface area contributed by atoms with Crippen molar-refractivity contribution >= 4 is 5.97 Å². The number of hydrogen-bond donors (Lipinski definition) is 2. The lowest BCUT2D eigenvalue weighted by Gasteiger charge is -2.49. The molecule has 1 fully saturated rings. The summed E-state index contributed by atoms with van der Waals surface area (Å²) in [4.78, 5) is 10.6. The molecule has 0 aromatic rings. The van der Waals surface area contributed by atoms with E-state index < -0.39 is 17.0 Å². The van der Waals surface area contributed by atoms with Gasteiger partial charge in [0.1, 0.15) is 0 Å². The Balaban J connectivity index is 2.99. The first-order chi connectivity index (χ1) is 6.65. The number of carboxylic acid groups (broad SMARTS) is 1. The zero-order valence-electron chi connectivity index (χ0n) is 9.74. The van der Waals surface area contributed by atoms with Crippen LogP contribution in [0, 0.1) is 0 Å². The Bertz CT molecular complexity index is 285. The van der Waals surface area contributed by atoms with Crippen LogP contribution in [0.4, 0.5) is 0 Å². The van der Waals surface area contributed by atoms with Gasteiger partial charge in [-0.1, -0.05) is 5.57 Å². The lowest BCUT2D eigenvalue weighted by molar-refractivity contribution is -0.232. The normalized spacial score (nSPS) is 25.0. The highest BCUT2D eigenvalue weighted by Crippen LogP contribution is 2.39. The van der Waals surface area contributed by atoms with Gasteiger partial charge < -0.3 is 10.3 Å². The number of carbonyl (C=O) groups is 1. The maximum atomic E-state index is 10.6. The maximum Gasteiger partial charge on any atom is 0.328 e. The number of piperidine rings is 1. The van der Waals surface area contributed by atoms with Gasteiger partial charge in [0, 0.05) is 17.2 Å². The van der Waals surface area contributed by atoms with E-state index in [-0.39, 0.29) is 0 Å². The molecule has 86 valence electrons. The van der Waals surface area contributed by atoms with Gasteiger partial charge in [-0.25, -0.2) is 4.79 Å². The van der Waals surface area contributed by atoms with Gasteiger partial charge in [-0.15, -0.1) is 0 Å². The number of aliphatic carboxylic acids is 1. The quantitative estimate of drug-likeness (QED) is 0.654. The van der Waals surface area contributed by atoms with Gasteiger partial charge in [0.15, 0.2) is 0 Å². The molecule has 0 unspecified atom stereocenters. The van der Waals surface area contributed by atoms with E-state index in [4.69, 9.17) is 5.11 Å². The first kappa shape index (κ1) is 12.2. The zero-order valence-corrected chi connectivity index (χ0v) is 9.74. The zero-order chi connectivity index (χ0) is 11.9. The fourth-order valence-corrected chi connectivity index (χ4v) is 2.42. The molecule has 0 aromatic heterocycles. The lowest BCUT2D eigenvalue weighted by atomic mass is 9.79. The molecule has 0 spiro atoms. The molecule has 1 aliphatic rings. The van der Waals surface area contributed by atoms with E-state index in [1.54, 1.807) is 0 Å². The van der Waals surface area contributed by atoms with E-state index in [9.17, 15) is 10.0 Å². The SMILES string of the molecule is CC1(C)CC(=CC(=O)O)CC(C)(C)N1O. The maximum absolute atomic E-state index is 10.6. The number of carboxylic acids is 1. The molecular formula is C11H19NO3. The predicted octanol–water partition coefficient (Wildman–Crippen LogP) is 2.04. The monoisotopic (exact) mass is 213 g/mol. The average Bonchev–Trinajstić information content (AvgIpc) is 1.97. The summed E-state index contributed by atoms with van der Waals surface area (Å²) >= 11 is 0. The van der Waals surface area contributed by atoms with Crippen molar-refractivity contribution in [1.29, 1.82) is 0 Å². The van der Waals surface area contributed by atoms with Crippen molar-refractivity contribution in [2.24, 2.45) is 0 Å². The van der Waals surface area contributed by atoms with Crippen LogP contribution in [0.2, 0.25) is 0 Å². The Morgan fingerprint density at radius 2 is 1.67 bits per heavy atom. The molecule has 0 aliphatic carbocycles. The summed E-state index contributed by atoms with van der Waals surface area (Å²) in [6, 6.07) is 0. The number of nitrogens with zero attached hydrogens (tertiary/aromatic N) is 1. The van der Waals surface area contributed by atoms with Crippen molar-refractivity contribution in [2.75, 3.05) is 0 Å². The van der Waals surface area contributed by atoms with Crippen LogP contribution in [0.25, 0.3) is 0 Å². The third-order valence-corrected chi connectivity index (χ3v) is 2.79.